The fourth-order valence-electron chi connectivity index (χ4n) is 2.60. The first kappa shape index (κ1) is 64.3. The van der Waals surface area contributed by atoms with E-state index in [0.717, 1.165) is 7.96 Å². The number of hydrogen-bond acceptors (Lipinski definition) is 0. The van der Waals surface area contributed by atoms with E-state index in [1.165, 1.54) is 0 Å². The summed E-state index contributed by atoms with van der Waals surface area (Å²) in [5, 5.41) is 0. The summed E-state index contributed by atoms with van der Waals surface area (Å²) in [6.45, 7) is -2.44. The van der Waals surface area contributed by atoms with E-state index in [9.17, 15) is 0 Å². The summed E-state index contributed by atoms with van der Waals surface area (Å²) in [5.41, 5.74) is 0. The molecule has 0 aromatic rings. The maximum atomic E-state index is 3.44. The first-order valence-electron chi connectivity index (χ1n) is 10.2. The zero-order valence-electron chi connectivity index (χ0n) is 23.2. The van der Waals surface area contributed by atoms with Gasteiger partial charge in [0.25, 0.3) is 0 Å². The molecular weight excluding hydrogens is 1390 g/mol. The number of hydrogen-bond donors (Lipinski definition) is 0. The third kappa shape index (κ3) is 23.2. The predicted molar refractivity (Wildman–Crippen MR) is 377 cm³/mol. The van der Waals surface area contributed by atoms with Gasteiger partial charge < -0.3 is 0 Å². The predicted octanol–water partition coefficient (Wildman–Crippen LogP) is 26.2. The van der Waals surface area contributed by atoms with Gasteiger partial charge in [-0.2, -0.15) is 0 Å². The van der Waals surface area contributed by atoms with Crippen molar-refractivity contribution < 1.29 is 0 Å². The topological polar surface area (TPSA) is 0 Å². The van der Waals surface area contributed by atoms with Gasteiger partial charge in [-0.25, -0.2) is 0 Å². The van der Waals surface area contributed by atoms with Gasteiger partial charge in [0.15, 0.2) is 0 Å². The molecule has 0 N–H and O–H groups in total. The quantitative estimate of drug-likeness (QED) is 0.101. The van der Waals surface area contributed by atoms with Crippen LogP contribution in [-0.4, -0.2) is 0 Å². The maximum Gasteiger partial charge on any atom is -0.0000365 e. The molecule has 45 heavy (non-hydrogen) atoms. The molecule has 0 amide bonds. The first-order chi connectivity index (χ1) is 20.5. The van der Waals surface area contributed by atoms with E-state index in [2.05, 4.69) is 205 Å². The van der Waals surface area contributed by atoms with Crippen LogP contribution in [0.2, 0.25) is 0 Å². The van der Waals surface area contributed by atoms with E-state index in [-0.39, 0.29) is 147 Å². The van der Waals surface area contributed by atoms with Gasteiger partial charge in [-0.3, -0.25) is 0 Å². The van der Waals surface area contributed by atoms with Gasteiger partial charge in [-0.05, 0) is 147 Å². The highest BCUT2D eigenvalue weighted by molar-refractivity contribution is 9.50. The lowest BCUT2D eigenvalue weighted by atomic mass is 28.4. The minimum Gasteiger partial charge on any atom is -0.109 e. The van der Waals surface area contributed by atoms with E-state index < -0.39 is 0 Å². The highest BCUT2D eigenvalue weighted by Crippen LogP contribution is 3.44. The van der Waals surface area contributed by atoms with Crippen LogP contribution in [0.5, 0.6) is 0 Å². The van der Waals surface area contributed by atoms with Crippen molar-refractivity contribution in [2.24, 2.45) is 0 Å². The molecule has 0 aliphatic rings. The smallest absolute Gasteiger partial charge is 0.0000365 e. The van der Waals surface area contributed by atoms with Gasteiger partial charge in [-0.1, -0.05) is 7.96 Å². The Morgan fingerprint density at radius 3 is 0.489 bits per heavy atom. The van der Waals surface area contributed by atoms with Crippen LogP contribution in [-0.2, 0) is 0 Å². The Kier molecular flexibility index (Phi) is 50.7. The zero-order chi connectivity index (χ0) is 35.8. The van der Waals surface area contributed by atoms with Crippen LogP contribution in [0.25, 0.3) is 0 Å². The van der Waals surface area contributed by atoms with Crippen molar-refractivity contribution in [3.63, 3.8) is 0 Å². The summed E-state index contributed by atoms with van der Waals surface area (Å²) in [7, 11) is 80.1. The molecule has 0 rings (SSSR count). The molecule has 26 atom stereocenters. The van der Waals surface area contributed by atoms with Crippen molar-refractivity contribution in [1.29, 1.82) is 0 Å². The van der Waals surface area contributed by atoms with Crippen LogP contribution in [0, 0.1) is 0 Å². The largest absolute Gasteiger partial charge is 0.109 e. The molecule has 0 nitrogen and oxygen atoms in total. The minimum absolute atomic E-state index is 0.0371. The first-order valence-corrected chi connectivity index (χ1v) is 91.7. The highest BCUT2D eigenvalue weighted by Gasteiger charge is 2.57. The molecule has 0 heterocycles. The molecule has 0 spiro atoms. The summed E-state index contributed by atoms with van der Waals surface area (Å²) >= 11 is 0. The van der Waals surface area contributed by atoms with Crippen LogP contribution in [0.4, 0.5) is 0 Å². The van der Waals surface area contributed by atoms with Crippen LogP contribution in [0.1, 0.15) is 0 Å². The van der Waals surface area contributed by atoms with Gasteiger partial charge in [0, 0.05) is 0 Å². The lowest BCUT2D eigenvalue weighted by Crippen LogP contribution is -1.69. The van der Waals surface area contributed by atoms with Gasteiger partial charge >= 0.3 is 0 Å². The molecule has 0 bridgehead atoms. The van der Waals surface area contributed by atoms with Gasteiger partial charge in [0.1, 0.15) is 0 Å². The van der Waals surface area contributed by atoms with Crippen LogP contribution >= 0.6 is 360 Å². The summed E-state index contributed by atoms with van der Waals surface area (Å²) < 4.78 is 0. The van der Waals surface area contributed by atoms with Crippen LogP contribution in [0.3, 0.4) is 0 Å². The van der Waals surface area contributed by atoms with Crippen molar-refractivity contribution in [3.8, 4) is 0 Å². The van der Waals surface area contributed by atoms with E-state index in [4.69, 9.17) is 0 Å². The van der Waals surface area contributed by atoms with E-state index in [1.807, 2.05) is 0 Å². The number of rotatable bonds is 21. The van der Waals surface area contributed by atoms with E-state index in [1.54, 1.807) is 0 Å². The van der Waals surface area contributed by atoms with Gasteiger partial charge in [0.2, 0.25) is 0 Å². The lowest BCUT2D eigenvalue weighted by Gasteiger charge is -2.57. The Bertz CT molecular complexity index is 622. The second-order valence-corrected chi connectivity index (χ2v) is 189. The summed E-state index contributed by atoms with van der Waals surface area (Å²) in [4.78, 5) is 0. The molecule has 0 aromatic heterocycles. The van der Waals surface area contributed by atoms with Crippen molar-refractivity contribution in [1.82, 2.24) is 0 Å². The van der Waals surface area contributed by atoms with Gasteiger partial charge in [0.05, 0.1) is 0 Å². The fraction of sp³-hybridized carbons (Fsp3) is 0. The second-order valence-electron chi connectivity index (χ2n) is 7.01. The van der Waals surface area contributed by atoms with Crippen LogP contribution < -0.4 is 0 Å². The molecule has 26 unspecified atom stereocenters. The molecule has 0 fully saturated rings. The maximum absolute atomic E-state index is 3.44. The molecular formula is H47P45. The monoisotopic (exact) mass is 1440 g/mol. The Labute approximate surface area is 355 Å². The molecule has 0 aliphatic heterocycles. The molecule has 0 saturated carbocycles. The average molecular weight is 1440 g/mol. The highest BCUT2D eigenvalue weighted by atomic mass is 33.6. The average Bonchev–Trinajstić information content (AvgIpc) is 2.81. The summed E-state index contributed by atoms with van der Waals surface area (Å²) in [6.07, 6.45) is 0. The molecule has 0 saturated heterocycles. The fourth-order valence-corrected chi connectivity index (χ4v) is 631. The Hall–Kier alpha value is 19.3. The van der Waals surface area contributed by atoms with Crippen molar-refractivity contribution in [2.75, 3.05) is 0 Å². The molecule has 0 radical (unpaired) electrons. The Morgan fingerprint density at radius 1 is 0.200 bits per heavy atom. The molecule has 0 aromatic carbocycles. The van der Waals surface area contributed by atoms with E-state index >= 15 is 0 Å². The lowest BCUT2D eigenvalue weighted by molar-refractivity contribution is 4.36. The Morgan fingerprint density at radius 2 is 0.356 bits per heavy atom. The van der Waals surface area contributed by atoms with Crippen LogP contribution in [0.15, 0.2) is 0 Å². The minimum atomic E-state index is -0.154. The Balaban J connectivity index is 8.98. The molecule has 272 valence electrons. The normalized spacial score (nSPS) is 15.9. The summed E-state index contributed by atoms with van der Waals surface area (Å²) in [5.74, 6) is 0. The third-order valence-corrected chi connectivity index (χ3v) is 312. The van der Waals surface area contributed by atoms with Crippen molar-refractivity contribution in [3.05, 3.63) is 0 Å². The zero-order valence-corrected chi connectivity index (χ0v) is 69.5. The van der Waals surface area contributed by atoms with E-state index in [0.29, 0.717) is 0 Å². The van der Waals surface area contributed by atoms with Crippen molar-refractivity contribution in [2.45, 2.75) is 0 Å². The standard InChI is InChI=1S/H47P45/c1-24-36(25(2)3)42(37(26(4)5)27(6)7)45(43(38(28(8)9)29(10)11)39(30(12)13)31(14)15)44(40(32(16)17)33(18)19)41(34(20)21)35(22)23/h24H,1-23H2. The molecule has 45 heteroatoms. The second kappa shape index (κ2) is 35.4. The third-order valence-electron chi connectivity index (χ3n) is 3.85. The van der Waals surface area contributed by atoms with Gasteiger partial charge in [-0.15, -0.1) is 205 Å². The van der Waals surface area contributed by atoms with Crippen molar-refractivity contribution >= 4 is 360 Å². The SMILES string of the molecule is PPP(P(P)P)P(P(P(P)P)P(P)P)P(P(P(P(P)P)P(P)P)P(P(P)P)P(P)P)P(P(P(P)P)P(P)P)P(P(P)P)P(P)P. The molecule has 0 aliphatic carbocycles. The summed E-state index contributed by atoms with van der Waals surface area (Å²) in [6, 6.07) is 0.